The second-order valence-corrected chi connectivity index (χ2v) is 6.84. The molecule has 2 aliphatic rings. The summed E-state index contributed by atoms with van der Waals surface area (Å²) in [6, 6.07) is 9.69. The Morgan fingerprint density at radius 1 is 1.13 bits per heavy atom. The lowest BCUT2D eigenvalue weighted by atomic mass is 9.84. The highest BCUT2D eigenvalue weighted by Crippen LogP contribution is 2.40. The number of amides is 1. The minimum absolute atomic E-state index is 0.0303. The summed E-state index contributed by atoms with van der Waals surface area (Å²) in [4.78, 5) is 25.9. The lowest BCUT2D eigenvalue weighted by Crippen LogP contribution is -2.46. The van der Waals surface area contributed by atoms with Crippen molar-refractivity contribution < 1.29 is 14.7 Å². The Morgan fingerprint density at radius 2 is 1.87 bits per heavy atom. The Hall–Kier alpha value is -1.84. The molecule has 1 heterocycles. The van der Waals surface area contributed by atoms with E-state index in [2.05, 4.69) is 12.1 Å². The maximum absolute atomic E-state index is 12.7. The zero-order chi connectivity index (χ0) is 16.2. The molecule has 0 spiro atoms. The number of hydrogen-bond donors (Lipinski definition) is 1. The lowest BCUT2D eigenvalue weighted by Gasteiger charge is -2.33. The number of carbonyl (C=O) groups excluding carboxylic acids is 1. The molecule has 1 aliphatic carbocycles. The summed E-state index contributed by atoms with van der Waals surface area (Å²) in [6.45, 7) is 0. The van der Waals surface area contributed by atoms with E-state index in [1.54, 1.807) is 4.90 Å². The van der Waals surface area contributed by atoms with Gasteiger partial charge in [0.15, 0.2) is 0 Å². The first kappa shape index (κ1) is 16.0. The van der Waals surface area contributed by atoms with Gasteiger partial charge in [0.05, 0.1) is 0 Å². The van der Waals surface area contributed by atoms with Crippen molar-refractivity contribution in [1.82, 2.24) is 4.90 Å². The quantitative estimate of drug-likeness (QED) is 0.907. The molecule has 124 valence electrons. The number of likely N-dealkylation sites (tertiary alicyclic amines) is 1. The molecule has 3 unspecified atom stereocenters. The molecule has 0 aromatic heterocycles. The SMILES string of the molecule is O=C(O)C1CC2CCCCC2N1C(=O)CCCc1ccccc1. The number of carbonyl (C=O) groups is 2. The number of benzene rings is 1. The summed E-state index contributed by atoms with van der Waals surface area (Å²) in [6.07, 6.45) is 7.06. The second-order valence-electron chi connectivity index (χ2n) is 6.84. The molecule has 1 N–H and O–H groups in total. The number of rotatable bonds is 5. The first-order valence-corrected chi connectivity index (χ1v) is 8.74. The maximum atomic E-state index is 12.7. The third kappa shape index (κ3) is 3.57. The van der Waals surface area contributed by atoms with Crippen LogP contribution in [0.15, 0.2) is 30.3 Å². The molecule has 3 rings (SSSR count). The highest BCUT2D eigenvalue weighted by molar-refractivity contribution is 5.84. The van der Waals surface area contributed by atoms with Crippen molar-refractivity contribution in [3.63, 3.8) is 0 Å². The Kier molecular flexibility index (Phi) is 4.99. The van der Waals surface area contributed by atoms with Crippen molar-refractivity contribution in [2.24, 2.45) is 5.92 Å². The molecule has 1 amide bonds. The maximum Gasteiger partial charge on any atom is 0.326 e. The van der Waals surface area contributed by atoms with E-state index in [4.69, 9.17) is 0 Å². The number of fused-ring (bicyclic) bond motifs is 1. The van der Waals surface area contributed by atoms with Gasteiger partial charge >= 0.3 is 5.97 Å². The van der Waals surface area contributed by atoms with Crippen LogP contribution in [0, 0.1) is 5.92 Å². The highest BCUT2D eigenvalue weighted by atomic mass is 16.4. The van der Waals surface area contributed by atoms with Crippen LogP contribution in [0.1, 0.15) is 50.5 Å². The molecule has 0 radical (unpaired) electrons. The van der Waals surface area contributed by atoms with Gasteiger partial charge in [-0.25, -0.2) is 4.79 Å². The van der Waals surface area contributed by atoms with Crippen LogP contribution in [-0.2, 0) is 16.0 Å². The number of carboxylic acids is 1. The van der Waals surface area contributed by atoms with E-state index in [0.29, 0.717) is 18.8 Å². The number of nitrogens with zero attached hydrogens (tertiary/aromatic N) is 1. The summed E-state index contributed by atoms with van der Waals surface area (Å²) >= 11 is 0. The van der Waals surface area contributed by atoms with E-state index in [-0.39, 0.29) is 11.9 Å². The van der Waals surface area contributed by atoms with Gasteiger partial charge in [0.25, 0.3) is 0 Å². The second kappa shape index (κ2) is 7.16. The van der Waals surface area contributed by atoms with Crippen molar-refractivity contribution in [2.45, 2.75) is 63.5 Å². The molecule has 3 atom stereocenters. The lowest BCUT2D eigenvalue weighted by molar-refractivity contribution is -0.149. The largest absolute Gasteiger partial charge is 0.480 e. The highest BCUT2D eigenvalue weighted by Gasteiger charge is 2.47. The van der Waals surface area contributed by atoms with Crippen LogP contribution in [0.2, 0.25) is 0 Å². The first-order valence-electron chi connectivity index (χ1n) is 8.74. The first-order chi connectivity index (χ1) is 11.2. The smallest absolute Gasteiger partial charge is 0.326 e. The molecule has 1 aliphatic heterocycles. The molecule has 2 fully saturated rings. The van der Waals surface area contributed by atoms with Gasteiger partial charge in [0, 0.05) is 12.5 Å². The van der Waals surface area contributed by atoms with Gasteiger partial charge in [-0.05, 0) is 43.6 Å². The normalized spacial score (nSPS) is 26.8. The molecule has 4 heteroatoms. The third-order valence-electron chi connectivity index (χ3n) is 5.36. The van der Waals surface area contributed by atoms with E-state index in [1.807, 2.05) is 18.2 Å². The van der Waals surface area contributed by atoms with Crippen molar-refractivity contribution >= 4 is 11.9 Å². The summed E-state index contributed by atoms with van der Waals surface area (Å²) in [5.74, 6) is -0.415. The van der Waals surface area contributed by atoms with E-state index in [9.17, 15) is 14.7 Å². The predicted molar refractivity (Wildman–Crippen MR) is 88.0 cm³/mol. The molecule has 0 bridgehead atoms. The van der Waals surface area contributed by atoms with E-state index in [0.717, 1.165) is 32.1 Å². The standard InChI is InChI=1S/C19H25NO3/c21-18(12-6-9-14-7-2-1-3-8-14)20-16-11-5-4-10-15(16)13-17(20)19(22)23/h1-3,7-8,15-17H,4-6,9-13H2,(H,22,23). The molecular formula is C19H25NO3. The number of hydrogen-bond acceptors (Lipinski definition) is 2. The Bertz CT molecular complexity index is 557. The van der Waals surface area contributed by atoms with Crippen molar-refractivity contribution in [2.75, 3.05) is 0 Å². The Morgan fingerprint density at radius 3 is 2.61 bits per heavy atom. The van der Waals surface area contributed by atoms with Crippen molar-refractivity contribution in [3.8, 4) is 0 Å². The van der Waals surface area contributed by atoms with Gasteiger partial charge in [-0.2, -0.15) is 0 Å². The van der Waals surface area contributed by atoms with Gasteiger partial charge in [-0.1, -0.05) is 43.2 Å². The number of aliphatic carboxylic acids is 1. The van der Waals surface area contributed by atoms with Crippen LogP contribution in [0.3, 0.4) is 0 Å². The van der Waals surface area contributed by atoms with Crippen LogP contribution in [0.5, 0.6) is 0 Å². The van der Waals surface area contributed by atoms with Gasteiger partial charge in [-0.3, -0.25) is 4.79 Å². The molecule has 4 nitrogen and oxygen atoms in total. The Labute approximate surface area is 137 Å². The van der Waals surface area contributed by atoms with E-state index in [1.165, 1.54) is 12.0 Å². The predicted octanol–water partition coefficient (Wildman–Crippen LogP) is 3.25. The number of carboxylic acid groups (broad SMARTS) is 1. The zero-order valence-electron chi connectivity index (χ0n) is 13.5. The van der Waals surface area contributed by atoms with Crippen LogP contribution in [0.4, 0.5) is 0 Å². The van der Waals surface area contributed by atoms with Gasteiger partial charge in [-0.15, -0.1) is 0 Å². The minimum atomic E-state index is -0.837. The van der Waals surface area contributed by atoms with Crippen molar-refractivity contribution in [1.29, 1.82) is 0 Å². The fourth-order valence-corrected chi connectivity index (χ4v) is 4.26. The minimum Gasteiger partial charge on any atom is -0.480 e. The summed E-state index contributed by atoms with van der Waals surface area (Å²) in [7, 11) is 0. The zero-order valence-corrected chi connectivity index (χ0v) is 13.5. The summed E-state index contributed by atoms with van der Waals surface area (Å²) in [5, 5.41) is 9.49. The summed E-state index contributed by atoms with van der Waals surface area (Å²) < 4.78 is 0. The Balaban J connectivity index is 1.60. The fourth-order valence-electron chi connectivity index (χ4n) is 4.26. The van der Waals surface area contributed by atoms with Crippen LogP contribution in [-0.4, -0.2) is 34.0 Å². The average molecular weight is 315 g/mol. The molecule has 1 saturated heterocycles. The van der Waals surface area contributed by atoms with Crippen LogP contribution >= 0.6 is 0 Å². The monoisotopic (exact) mass is 315 g/mol. The van der Waals surface area contributed by atoms with E-state index >= 15 is 0 Å². The van der Waals surface area contributed by atoms with Gasteiger partial charge < -0.3 is 10.0 Å². The topological polar surface area (TPSA) is 57.6 Å². The van der Waals surface area contributed by atoms with Crippen LogP contribution in [0.25, 0.3) is 0 Å². The molecule has 1 aromatic rings. The average Bonchev–Trinajstić information content (AvgIpc) is 2.95. The third-order valence-corrected chi connectivity index (χ3v) is 5.36. The fraction of sp³-hybridized carbons (Fsp3) is 0.579. The molecule has 23 heavy (non-hydrogen) atoms. The number of aryl methyl sites for hydroxylation is 1. The molecule has 1 saturated carbocycles. The summed E-state index contributed by atoms with van der Waals surface area (Å²) in [5.41, 5.74) is 1.23. The van der Waals surface area contributed by atoms with Crippen molar-refractivity contribution in [3.05, 3.63) is 35.9 Å². The van der Waals surface area contributed by atoms with Gasteiger partial charge in [0.2, 0.25) is 5.91 Å². The van der Waals surface area contributed by atoms with Gasteiger partial charge in [0.1, 0.15) is 6.04 Å². The molecule has 1 aromatic carbocycles. The van der Waals surface area contributed by atoms with Crippen LogP contribution < -0.4 is 0 Å². The molecular weight excluding hydrogens is 290 g/mol. The van der Waals surface area contributed by atoms with E-state index < -0.39 is 12.0 Å².